The van der Waals surface area contributed by atoms with Gasteiger partial charge in [-0.3, -0.25) is 9.69 Å². The summed E-state index contributed by atoms with van der Waals surface area (Å²) in [5.41, 5.74) is 2.74. The van der Waals surface area contributed by atoms with E-state index < -0.39 is 0 Å². The monoisotopic (exact) mass is 429 g/mol. The van der Waals surface area contributed by atoms with Crippen LogP contribution < -0.4 is 10.1 Å². The summed E-state index contributed by atoms with van der Waals surface area (Å²) in [6.07, 6.45) is 1.40. The van der Waals surface area contributed by atoms with Crippen molar-refractivity contribution < 1.29 is 14.3 Å². The van der Waals surface area contributed by atoms with Crippen molar-refractivity contribution in [3.05, 3.63) is 46.9 Å². The van der Waals surface area contributed by atoms with Gasteiger partial charge in [-0.25, -0.2) is 9.97 Å². The normalized spacial score (nSPS) is 14.9. The van der Waals surface area contributed by atoms with E-state index in [2.05, 4.69) is 25.2 Å². The lowest BCUT2D eigenvalue weighted by atomic mass is 10.2. The summed E-state index contributed by atoms with van der Waals surface area (Å²) in [6, 6.07) is 7.13. The molecule has 1 aliphatic rings. The lowest BCUT2D eigenvalue weighted by molar-refractivity contribution is 0.0332. The molecule has 0 unspecified atom stereocenters. The molecule has 158 valence electrons. The van der Waals surface area contributed by atoms with E-state index >= 15 is 0 Å². The van der Waals surface area contributed by atoms with Gasteiger partial charge in [0, 0.05) is 25.0 Å². The van der Waals surface area contributed by atoms with Crippen molar-refractivity contribution in [1.82, 2.24) is 19.9 Å². The van der Waals surface area contributed by atoms with E-state index in [4.69, 9.17) is 21.1 Å². The Hall–Kier alpha value is -2.68. The molecule has 0 aliphatic carbocycles. The lowest BCUT2D eigenvalue weighted by Crippen LogP contribution is -2.35. The van der Waals surface area contributed by atoms with E-state index in [1.54, 1.807) is 6.07 Å². The van der Waals surface area contributed by atoms with Gasteiger partial charge in [0.2, 0.25) is 5.88 Å². The second-order valence-electron chi connectivity index (χ2n) is 7.44. The molecule has 0 bridgehead atoms. The van der Waals surface area contributed by atoms with Gasteiger partial charge in [0.25, 0.3) is 5.91 Å². The van der Waals surface area contributed by atoms with Gasteiger partial charge in [0.05, 0.1) is 42.5 Å². The van der Waals surface area contributed by atoms with Crippen molar-refractivity contribution in [2.24, 2.45) is 0 Å². The molecule has 2 aromatic heterocycles. The number of imidazole rings is 1. The Morgan fingerprint density at radius 3 is 2.87 bits per heavy atom. The van der Waals surface area contributed by atoms with Crippen LogP contribution in [0.15, 0.2) is 30.5 Å². The fraction of sp³-hybridized carbons (Fsp3) is 0.381. The Balaban J connectivity index is 1.45. The van der Waals surface area contributed by atoms with Gasteiger partial charge < -0.3 is 19.8 Å². The summed E-state index contributed by atoms with van der Waals surface area (Å²) in [5, 5.41) is 3.17. The minimum Gasteiger partial charge on any atom is -0.474 e. The number of fused-ring (bicyclic) bond motifs is 1. The van der Waals surface area contributed by atoms with Crippen LogP contribution >= 0.6 is 11.6 Å². The number of aromatic amines is 1. The number of nitrogens with one attached hydrogen (secondary N) is 2. The van der Waals surface area contributed by atoms with Gasteiger partial charge in [0.1, 0.15) is 10.8 Å². The number of hydrogen-bond acceptors (Lipinski definition) is 6. The zero-order valence-corrected chi connectivity index (χ0v) is 17.7. The maximum absolute atomic E-state index is 12.6. The summed E-state index contributed by atoms with van der Waals surface area (Å²) < 4.78 is 10.9. The zero-order valence-electron chi connectivity index (χ0n) is 16.9. The molecule has 30 heavy (non-hydrogen) atoms. The van der Waals surface area contributed by atoms with Crippen LogP contribution in [0.2, 0.25) is 5.02 Å². The molecule has 0 atom stereocenters. The first-order valence-corrected chi connectivity index (χ1v) is 10.3. The van der Waals surface area contributed by atoms with Crippen LogP contribution in [0.4, 0.5) is 5.69 Å². The summed E-state index contributed by atoms with van der Waals surface area (Å²) in [5.74, 6) is 0.912. The number of carbonyl (C=O) groups excluding carboxylic acids is 1. The summed E-state index contributed by atoms with van der Waals surface area (Å²) in [4.78, 5) is 27.0. The molecule has 1 saturated heterocycles. The predicted molar refractivity (Wildman–Crippen MR) is 115 cm³/mol. The number of morpholine rings is 1. The third-order valence-electron chi connectivity index (χ3n) is 4.68. The molecule has 3 heterocycles. The highest BCUT2D eigenvalue weighted by molar-refractivity contribution is 6.32. The SMILES string of the molecule is CC(C)Oc1ncc(C(=O)Nc2ccc3nc(CN4CCOCC4)[nH]c3c2)cc1Cl. The topological polar surface area (TPSA) is 92.4 Å². The van der Waals surface area contributed by atoms with Crippen LogP contribution in [0.5, 0.6) is 5.88 Å². The molecule has 1 aliphatic heterocycles. The molecular formula is C21H24ClN5O3. The predicted octanol–water partition coefficient (Wildman–Crippen LogP) is 3.48. The maximum atomic E-state index is 12.6. The fourth-order valence-corrected chi connectivity index (χ4v) is 3.46. The number of pyridine rings is 1. The minimum absolute atomic E-state index is 0.0519. The smallest absolute Gasteiger partial charge is 0.257 e. The van der Waals surface area contributed by atoms with Crippen LogP contribution in [-0.4, -0.2) is 58.2 Å². The number of benzene rings is 1. The van der Waals surface area contributed by atoms with Crippen LogP contribution in [0.25, 0.3) is 11.0 Å². The first kappa shape index (κ1) is 20.6. The molecular weight excluding hydrogens is 406 g/mol. The van der Waals surface area contributed by atoms with Gasteiger partial charge in [-0.2, -0.15) is 0 Å². The van der Waals surface area contributed by atoms with Gasteiger partial charge >= 0.3 is 0 Å². The van der Waals surface area contributed by atoms with Crippen molar-refractivity contribution >= 4 is 34.2 Å². The molecule has 0 radical (unpaired) electrons. The summed E-state index contributed by atoms with van der Waals surface area (Å²) in [6.45, 7) is 7.81. The van der Waals surface area contributed by atoms with Gasteiger partial charge in [0.15, 0.2) is 0 Å². The van der Waals surface area contributed by atoms with Gasteiger partial charge in [-0.1, -0.05) is 11.6 Å². The van der Waals surface area contributed by atoms with Crippen molar-refractivity contribution in [3.8, 4) is 5.88 Å². The highest BCUT2D eigenvalue weighted by Crippen LogP contribution is 2.24. The highest BCUT2D eigenvalue weighted by atomic mass is 35.5. The van der Waals surface area contributed by atoms with Gasteiger partial charge in [-0.05, 0) is 38.1 Å². The first-order chi connectivity index (χ1) is 14.5. The lowest BCUT2D eigenvalue weighted by Gasteiger charge is -2.25. The molecule has 2 N–H and O–H groups in total. The van der Waals surface area contributed by atoms with Crippen molar-refractivity contribution in [1.29, 1.82) is 0 Å². The van der Waals surface area contributed by atoms with Crippen molar-refractivity contribution in [2.45, 2.75) is 26.5 Å². The maximum Gasteiger partial charge on any atom is 0.257 e. The van der Waals surface area contributed by atoms with E-state index in [1.165, 1.54) is 6.20 Å². The third kappa shape index (κ3) is 4.89. The number of carbonyl (C=O) groups is 1. The minimum atomic E-state index is -0.298. The quantitative estimate of drug-likeness (QED) is 0.623. The molecule has 0 spiro atoms. The first-order valence-electron chi connectivity index (χ1n) is 9.90. The van der Waals surface area contributed by atoms with Crippen molar-refractivity contribution in [3.63, 3.8) is 0 Å². The molecule has 9 heteroatoms. The Kier molecular flexibility index (Phi) is 6.17. The molecule has 8 nitrogen and oxygen atoms in total. The molecule has 3 aromatic rings. The Labute approximate surface area is 179 Å². The van der Waals surface area contributed by atoms with E-state index in [9.17, 15) is 4.79 Å². The average molecular weight is 430 g/mol. The van der Waals surface area contributed by atoms with E-state index in [-0.39, 0.29) is 12.0 Å². The van der Waals surface area contributed by atoms with Gasteiger partial charge in [-0.15, -0.1) is 0 Å². The zero-order chi connectivity index (χ0) is 21.1. The number of halogens is 1. The number of nitrogens with zero attached hydrogens (tertiary/aromatic N) is 3. The van der Waals surface area contributed by atoms with Crippen LogP contribution in [0.1, 0.15) is 30.0 Å². The van der Waals surface area contributed by atoms with Crippen LogP contribution in [0, 0.1) is 0 Å². The van der Waals surface area contributed by atoms with Crippen LogP contribution in [-0.2, 0) is 11.3 Å². The third-order valence-corrected chi connectivity index (χ3v) is 4.95. The number of H-pyrrole nitrogens is 1. The second kappa shape index (κ2) is 8.99. The van der Waals surface area contributed by atoms with E-state index in [0.717, 1.165) is 49.7 Å². The number of anilines is 1. The molecule has 0 saturated carbocycles. The summed E-state index contributed by atoms with van der Waals surface area (Å²) >= 11 is 6.19. The molecule has 1 fully saturated rings. The molecule has 1 amide bonds. The van der Waals surface area contributed by atoms with E-state index in [0.29, 0.717) is 22.2 Å². The standard InChI is InChI=1S/C21H24ClN5O3/c1-13(2)30-21-16(22)9-14(11-23-21)20(28)24-15-3-4-17-18(10-15)26-19(25-17)12-27-5-7-29-8-6-27/h3-4,9-11,13H,5-8,12H2,1-2H3,(H,24,28)(H,25,26). The Morgan fingerprint density at radius 1 is 1.33 bits per heavy atom. The number of hydrogen-bond donors (Lipinski definition) is 2. The fourth-order valence-electron chi connectivity index (χ4n) is 3.25. The molecule has 4 rings (SSSR count). The number of ether oxygens (including phenoxy) is 2. The molecule has 1 aromatic carbocycles. The largest absolute Gasteiger partial charge is 0.474 e. The van der Waals surface area contributed by atoms with Crippen LogP contribution in [0.3, 0.4) is 0 Å². The Bertz CT molecular complexity index is 1050. The summed E-state index contributed by atoms with van der Waals surface area (Å²) in [7, 11) is 0. The number of amides is 1. The number of aromatic nitrogens is 3. The van der Waals surface area contributed by atoms with Crippen molar-refractivity contribution in [2.75, 3.05) is 31.6 Å². The number of rotatable bonds is 6. The second-order valence-corrected chi connectivity index (χ2v) is 7.84. The Morgan fingerprint density at radius 2 is 2.13 bits per heavy atom. The average Bonchev–Trinajstić information content (AvgIpc) is 3.11. The highest BCUT2D eigenvalue weighted by Gasteiger charge is 2.15. The van der Waals surface area contributed by atoms with E-state index in [1.807, 2.05) is 32.0 Å².